The number of hydrazone groups is 1. The average Bonchev–Trinajstić information content (AvgIpc) is 3.29. The zero-order valence-corrected chi connectivity index (χ0v) is 18.8. The Morgan fingerprint density at radius 1 is 0.969 bits per heavy atom. The predicted octanol–water partition coefficient (Wildman–Crippen LogP) is 5.75. The highest BCUT2D eigenvalue weighted by molar-refractivity contribution is 9.10. The van der Waals surface area contributed by atoms with Crippen LogP contribution in [-0.2, 0) is 4.79 Å². The summed E-state index contributed by atoms with van der Waals surface area (Å²) in [6, 6.07) is 27.4. The van der Waals surface area contributed by atoms with E-state index in [1.165, 1.54) is 0 Å². The highest BCUT2D eigenvalue weighted by Gasteiger charge is 2.33. The predicted molar refractivity (Wildman–Crippen MR) is 129 cm³/mol. The number of carbonyl (C=O) groups is 1. The van der Waals surface area contributed by atoms with Crippen molar-refractivity contribution in [3.8, 4) is 5.75 Å². The van der Waals surface area contributed by atoms with Crippen molar-refractivity contribution >= 4 is 38.5 Å². The highest BCUT2D eigenvalue weighted by Crippen LogP contribution is 2.33. The van der Waals surface area contributed by atoms with E-state index in [0.717, 1.165) is 32.2 Å². The number of rotatable bonds is 5. The van der Waals surface area contributed by atoms with Crippen molar-refractivity contribution in [2.24, 2.45) is 5.10 Å². The first-order valence-electron chi connectivity index (χ1n) is 10.4. The van der Waals surface area contributed by atoms with Crippen LogP contribution in [0.4, 0.5) is 0 Å². The number of pyridine rings is 1. The number of carbonyl (C=O) groups excluding carboxylic acids is 1. The molecule has 1 aliphatic rings. The molecule has 1 aliphatic heterocycles. The topological polar surface area (TPSA) is 54.8 Å². The lowest BCUT2D eigenvalue weighted by molar-refractivity contribution is -0.135. The van der Waals surface area contributed by atoms with Crippen LogP contribution in [0.25, 0.3) is 10.9 Å². The third kappa shape index (κ3) is 4.14. The molecule has 0 saturated carbocycles. The van der Waals surface area contributed by atoms with Crippen molar-refractivity contribution in [1.29, 1.82) is 0 Å². The fourth-order valence-electron chi connectivity index (χ4n) is 3.89. The molecule has 1 amide bonds. The van der Waals surface area contributed by atoms with Crippen molar-refractivity contribution < 1.29 is 9.53 Å². The summed E-state index contributed by atoms with van der Waals surface area (Å²) in [5, 5.41) is 7.24. The fourth-order valence-corrected chi connectivity index (χ4v) is 4.15. The van der Waals surface area contributed by atoms with E-state index in [-0.39, 0.29) is 18.6 Å². The molecule has 0 spiro atoms. The lowest BCUT2D eigenvalue weighted by Crippen LogP contribution is -2.31. The third-order valence-electron chi connectivity index (χ3n) is 5.47. The number of aromatic nitrogens is 1. The molecule has 5 nitrogen and oxygen atoms in total. The molecule has 0 bridgehead atoms. The summed E-state index contributed by atoms with van der Waals surface area (Å²) in [4.78, 5) is 17.6. The van der Waals surface area contributed by atoms with Gasteiger partial charge in [-0.05, 0) is 35.4 Å². The lowest BCUT2D eigenvalue weighted by atomic mass is 9.98. The maximum atomic E-state index is 13.2. The molecule has 0 fully saturated rings. The molecule has 158 valence electrons. The van der Waals surface area contributed by atoms with Gasteiger partial charge in [0.15, 0.2) is 6.61 Å². The molecule has 2 heterocycles. The molecular weight excluding hydrogens is 466 g/mol. The normalized spacial score (nSPS) is 15.6. The van der Waals surface area contributed by atoms with Gasteiger partial charge in [0.25, 0.3) is 5.91 Å². The van der Waals surface area contributed by atoms with Crippen LogP contribution < -0.4 is 4.74 Å². The molecule has 5 rings (SSSR count). The smallest absolute Gasteiger partial charge is 0.281 e. The second-order valence-electron chi connectivity index (χ2n) is 7.54. The molecule has 0 aliphatic carbocycles. The first-order chi connectivity index (χ1) is 15.7. The van der Waals surface area contributed by atoms with E-state index in [2.05, 4.69) is 20.9 Å². The van der Waals surface area contributed by atoms with Crippen molar-refractivity contribution in [1.82, 2.24) is 9.99 Å². The molecular formula is C26H20BrN3O2. The summed E-state index contributed by atoms with van der Waals surface area (Å²) in [6.45, 7) is -0.115. The van der Waals surface area contributed by atoms with Crippen molar-refractivity contribution in [3.63, 3.8) is 0 Å². The van der Waals surface area contributed by atoms with E-state index in [4.69, 9.17) is 9.84 Å². The first-order valence-corrected chi connectivity index (χ1v) is 11.2. The fraction of sp³-hybridized carbons (Fsp3) is 0.115. The number of fused-ring (bicyclic) bond motifs is 1. The molecule has 1 aromatic heterocycles. The van der Waals surface area contributed by atoms with Gasteiger partial charge in [-0.3, -0.25) is 9.78 Å². The average molecular weight is 486 g/mol. The van der Waals surface area contributed by atoms with Gasteiger partial charge in [-0.2, -0.15) is 5.10 Å². The first kappa shape index (κ1) is 20.4. The van der Waals surface area contributed by atoms with Crippen LogP contribution >= 0.6 is 15.9 Å². The van der Waals surface area contributed by atoms with Gasteiger partial charge < -0.3 is 4.74 Å². The minimum atomic E-state index is -0.195. The van der Waals surface area contributed by atoms with Crippen LogP contribution in [0.15, 0.2) is 101 Å². The number of nitrogens with zero attached hydrogens (tertiary/aromatic N) is 3. The highest BCUT2D eigenvalue weighted by atomic mass is 79.9. The van der Waals surface area contributed by atoms with Crippen LogP contribution in [0.3, 0.4) is 0 Å². The van der Waals surface area contributed by atoms with Gasteiger partial charge in [-0.15, -0.1) is 0 Å². The van der Waals surface area contributed by atoms with Gasteiger partial charge in [0.05, 0.1) is 11.8 Å². The second-order valence-corrected chi connectivity index (χ2v) is 8.46. The van der Waals surface area contributed by atoms with Crippen LogP contribution in [0.2, 0.25) is 0 Å². The number of hydrogen-bond acceptors (Lipinski definition) is 4. The van der Waals surface area contributed by atoms with E-state index in [1.807, 2.05) is 84.9 Å². The Kier molecular flexibility index (Phi) is 5.69. The quantitative estimate of drug-likeness (QED) is 0.361. The number of benzene rings is 3. The largest absolute Gasteiger partial charge is 0.481 e. The van der Waals surface area contributed by atoms with Crippen molar-refractivity contribution in [2.75, 3.05) is 6.61 Å². The molecule has 0 N–H and O–H groups in total. The number of para-hydroxylation sites is 1. The minimum absolute atomic E-state index is 0.115. The maximum absolute atomic E-state index is 13.2. The summed E-state index contributed by atoms with van der Waals surface area (Å²) in [5.41, 5.74) is 3.67. The maximum Gasteiger partial charge on any atom is 0.281 e. The van der Waals surface area contributed by atoms with Gasteiger partial charge in [0.1, 0.15) is 11.3 Å². The van der Waals surface area contributed by atoms with E-state index >= 15 is 0 Å². The standard InChI is InChI=1S/C26H20BrN3O2/c27-21-13-11-18(12-14-21)22-16-23(19-6-2-1-3-7-19)30(29-22)25(31)17-32-24-10-4-8-20-9-5-15-28-26(20)24/h1-15,23H,16-17H2. The van der Waals surface area contributed by atoms with Gasteiger partial charge in [0.2, 0.25) is 0 Å². The number of hydrogen-bond donors (Lipinski definition) is 0. The minimum Gasteiger partial charge on any atom is -0.481 e. The Bertz CT molecular complexity index is 1280. The number of amides is 1. The summed E-state index contributed by atoms with van der Waals surface area (Å²) in [5.74, 6) is 0.392. The molecule has 6 heteroatoms. The monoisotopic (exact) mass is 485 g/mol. The second kappa shape index (κ2) is 8.93. The van der Waals surface area contributed by atoms with Crippen molar-refractivity contribution in [2.45, 2.75) is 12.5 Å². The summed E-state index contributed by atoms with van der Waals surface area (Å²) in [6.07, 6.45) is 2.37. The van der Waals surface area contributed by atoms with Gasteiger partial charge in [0, 0.05) is 22.5 Å². The SMILES string of the molecule is O=C(COc1cccc2cccnc12)N1N=C(c2ccc(Br)cc2)CC1c1ccccc1. The van der Waals surface area contributed by atoms with Gasteiger partial charge in [-0.1, -0.05) is 76.6 Å². The van der Waals surface area contributed by atoms with Crippen LogP contribution in [-0.4, -0.2) is 28.2 Å². The van der Waals surface area contributed by atoms with E-state index in [9.17, 15) is 4.79 Å². The number of halogens is 1. The summed E-state index contributed by atoms with van der Waals surface area (Å²) in [7, 11) is 0. The summed E-state index contributed by atoms with van der Waals surface area (Å²) < 4.78 is 6.91. The Labute approximate surface area is 194 Å². The zero-order valence-electron chi connectivity index (χ0n) is 17.2. The molecule has 32 heavy (non-hydrogen) atoms. The molecule has 3 aromatic carbocycles. The Morgan fingerprint density at radius 2 is 1.75 bits per heavy atom. The van der Waals surface area contributed by atoms with Gasteiger partial charge in [-0.25, -0.2) is 5.01 Å². The van der Waals surface area contributed by atoms with Gasteiger partial charge >= 0.3 is 0 Å². The van der Waals surface area contributed by atoms with E-state index in [1.54, 1.807) is 11.2 Å². The van der Waals surface area contributed by atoms with E-state index in [0.29, 0.717) is 12.2 Å². The van der Waals surface area contributed by atoms with Crippen LogP contribution in [0, 0.1) is 0 Å². The van der Waals surface area contributed by atoms with Crippen LogP contribution in [0.5, 0.6) is 5.75 Å². The zero-order chi connectivity index (χ0) is 21.9. The van der Waals surface area contributed by atoms with Crippen LogP contribution in [0.1, 0.15) is 23.6 Å². The Balaban J connectivity index is 1.41. The van der Waals surface area contributed by atoms with Crippen molar-refractivity contribution in [3.05, 3.63) is 107 Å². The number of ether oxygens (including phenoxy) is 1. The summed E-state index contributed by atoms with van der Waals surface area (Å²) >= 11 is 3.47. The third-order valence-corrected chi connectivity index (χ3v) is 6.00. The molecule has 1 atom stereocenters. The van der Waals surface area contributed by atoms with E-state index < -0.39 is 0 Å². The molecule has 0 saturated heterocycles. The molecule has 4 aromatic rings. The molecule has 1 unspecified atom stereocenters. The Hall–Kier alpha value is -3.51. The molecule has 0 radical (unpaired) electrons. The lowest BCUT2D eigenvalue weighted by Gasteiger charge is -2.22. The Morgan fingerprint density at radius 3 is 2.56 bits per heavy atom.